The highest BCUT2D eigenvalue weighted by molar-refractivity contribution is 6.24. The first-order valence-electron chi connectivity index (χ1n) is 9.26. The highest BCUT2D eigenvalue weighted by Crippen LogP contribution is 2.38. The molecule has 1 aromatic heterocycles. The Bertz CT molecular complexity index is 1330. The number of aromatic nitrogens is 2. The average Bonchev–Trinajstić information content (AvgIpc) is 3.35. The lowest BCUT2D eigenvalue weighted by molar-refractivity contribution is -0.384. The predicted octanol–water partition coefficient (Wildman–Crippen LogP) is 4.33. The second-order valence-corrected chi connectivity index (χ2v) is 6.96. The molecule has 5 rings (SSSR count). The molecule has 0 radical (unpaired) electrons. The van der Waals surface area contributed by atoms with Crippen LogP contribution in [0.15, 0.2) is 77.9 Å². The summed E-state index contributed by atoms with van der Waals surface area (Å²) in [6.07, 6.45) is 1.71. The van der Waals surface area contributed by atoms with Crippen molar-refractivity contribution < 1.29 is 9.72 Å². The van der Waals surface area contributed by atoms with E-state index in [2.05, 4.69) is 15.5 Å². The number of aromatic amines is 1. The molecule has 8 heteroatoms. The number of anilines is 1. The molecule has 0 spiro atoms. The molecular weight excluding hydrogens is 382 g/mol. The van der Waals surface area contributed by atoms with E-state index < -0.39 is 10.8 Å². The number of nitrogens with zero attached hydrogens (tertiary/aromatic N) is 3. The van der Waals surface area contributed by atoms with E-state index in [-0.39, 0.29) is 11.6 Å². The van der Waals surface area contributed by atoms with Crippen LogP contribution in [0.4, 0.5) is 17.1 Å². The molecule has 3 aromatic carbocycles. The molecule has 0 aliphatic carbocycles. The number of nitro groups is 1. The first-order chi connectivity index (χ1) is 14.6. The number of hydrogen-bond acceptors (Lipinski definition) is 5. The molecule has 2 N–H and O–H groups in total. The molecule has 1 aliphatic rings. The maximum absolute atomic E-state index is 12.9. The quantitative estimate of drug-likeness (QED) is 0.303. The van der Waals surface area contributed by atoms with Gasteiger partial charge in [-0.25, -0.2) is 0 Å². The summed E-state index contributed by atoms with van der Waals surface area (Å²) in [5.41, 5.74) is 3.87. The van der Waals surface area contributed by atoms with Crippen molar-refractivity contribution in [2.75, 3.05) is 5.32 Å². The molecule has 0 bridgehead atoms. The molecule has 0 saturated heterocycles. The fourth-order valence-corrected chi connectivity index (χ4v) is 3.68. The number of non-ortho nitro benzene ring substituents is 1. The number of nitrogens with one attached hydrogen (secondary N) is 2. The van der Waals surface area contributed by atoms with Crippen LogP contribution in [0.1, 0.15) is 17.0 Å². The van der Waals surface area contributed by atoms with Gasteiger partial charge >= 0.3 is 0 Å². The normalized spacial score (nSPS) is 15.8. The van der Waals surface area contributed by atoms with Gasteiger partial charge in [-0.05, 0) is 29.8 Å². The molecule has 4 aromatic rings. The Balaban J connectivity index is 1.69. The standard InChI is InChI=1S/C22H15N5O3/c28-22-20(17-11-16(27(29)30)7-9-19(17)25-22)21(13-4-2-1-3-5-13)24-15-6-8-18-14(10-15)12-23-26-18/h1-12,20H,(H,23,26)(H,25,28). The molecular formula is C22H15N5O3. The van der Waals surface area contributed by atoms with Gasteiger partial charge in [-0.15, -0.1) is 0 Å². The fraction of sp³-hybridized carbons (Fsp3) is 0.0455. The molecule has 2 heterocycles. The van der Waals surface area contributed by atoms with Crippen molar-refractivity contribution in [3.05, 3.63) is 94.2 Å². The van der Waals surface area contributed by atoms with E-state index in [0.717, 1.165) is 16.5 Å². The summed E-state index contributed by atoms with van der Waals surface area (Å²) in [6.45, 7) is 0. The van der Waals surface area contributed by atoms with Crippen LogP contribution in [0.25, 0.3) is 10.9 Å². The summed E-state index contributed by atoms with van der Waals surface area (Å²) in [5, 5.41) is 21.9. The Kier molecular flexibility index (Phi) is 4.10. The van der Waals surface area contributed by atoms with Gasteiger partial charge in [0.25, 0.3) is 5.69 Å². The van der Waals surface area contributed by atoms with Gasteiger partial charge in [-0.1, -0.05) is 30.3 Å². The molecule has 146 valence electrons. The van der Waals surface area contributed by atoms with Crippen molar-refractivity contribution in [1.82, 2.24) is 10.2 Å². The fourth-order valence-electron chi connectivity index (χ4n) is 3.68. The van der Waals surface area contributed by atoms with Crippen LogP contribution in [0.5, 0.6) is 0 Å². The number of rotatable bonds is 4. The SMILES string of the molecule is O=C1Nc2ccc([N+](=O)[O-])cc2C1C(=Nc1ccc2[nH]ncc2c1)c1ccccc1. The second kappa shape index (κ2) is 6.93. The van der Waals surface area contributed by atoms with E-state index in [1.807, 2.05) is 48.5 Å². The maximum Gasteiger partial charge on any atom is 0.269 e. The summed E-state index contributed by atoms with van der Waals surface area (Å²) in [5.74, 6) is -1.03. The van der Waals surface area contributed by atoms with Gasteiger partial charge in [0.15, 0.2) is 0 Å². The summed E-state index contributed by atoms with van der Waals surface area (Å²) in [7, 11) is 0. The topological polar surface area (TPSA) is 113 Å². The van der Waals surface area contributed by atoms with Crippen molar-refractivity contribution in [1.29, 1.82) is 0 Å². The number of aliphatic imine (C=N–C) groups is 1. The minimum atomic E-state index is -0.762. The zero-order valence-corrected chi connectivity index (χ0v) is 15.6. The molecule has 1 aliphatic heterocycles. The zero-order valence-electron chi connectivity index (χ0n) is 15.6. The van der Waals surface area contributed by atoms with Crippen LogP contribution in [-0.4, -0.2) is 26.7 Å². The summed E-state index contributed by atoms with van der Waals surface area (Å²) >= 11 is 0. The van der Waals surface area contributed by atoms with Gasteiger partial charge in [-0.2, -0.15) is 5.10 Å². The van der Waals surface area contributed by atoms with Crippen molar-refractivity contribution >= 4 is 39.6 Å². The number of carbonyl (C=O) groups excluding carboxylic acids is 1. The Labute approximate surface area is 170 Å². The Hall–Kier alpha value is -4.33. The molecule has 0 fully saturated rings. The minimum Gasteiger partial charge on any atom is -0.325 e. The molecule has 30 heavy (non-hydrogen) atoms. The van der Waals surface area contributed by atoms with Crippen LogP contribution in [0.3, 0.4) is 0 Å². The lowest BCUT2D eigenvalue weighted by Gasteiger charge is -2.14. The first kappa shape index (κ1) is 17.7. The van der Waals surface area contributed by atoms with Gasteiger partial charge in [-0.3, -0.25) is 25.0 Å². The number of nitro benzene ring substituents is 1. The zero-order chi connectivity index (χ0) is 20.7. The smallest absolute Gasteiger partial charge is 0.269 e. The van der Waals surface area contributed by atoms with E-state index >= 15 is 0 Å². The van der Waals surface area contributed by atoms with Crippen LogP contribution in [0.2, 0.25) is 0 Å². The lowest BCUT2D eigenvalue weighted by Crippen LogP contribution is -2.22. The van der Waals surface area contributed by atoms with Crippen molar-refractivity contribution in [2.45, 2.75) is 5.92 Å². The first-order valence-corrected chi connectivity index (χ1v) is 9.26. The van der Waals surface area contributed by atoms with Gasteiger partial charge in [0.05, 0.1) is 28.0 Å². The average molecular weight is 397 g/mol. The van der Waals surface area contributed by atoms with E-state index in [1.165, 1.54) is 12.1 Å². The monoisotopic (exact) mass is 397 g/mol. The second-order valence-electron chi connectivity index (χ2n) is 6.96. The summed E-state index contributed by atoms with van der Waals surface area (Å²) in [6, 6.07) is 19.3. The largest absolute Gasteiger partial charge is 0.325 e. The Morgan fingerprint density at radius 3 is 2.70 bits per heavy atom. The number of amides is 1. The molecule has 0 saturated carbocycles. The number of carbonyl (C=O) groups is 1. The van der Waals surface area contributed by atoms with Crippen LogP contribution in [0, 0.1) is 10.1 Å². The van der Waals surface area contributed by atoms with Gasteiger partial charge in [0.1, 0.15) is 5.92 Å². The van der Waals surface area contributed by atoms with Gasteiger partial charge in [0, 0.05) is 28.8 Å². The number of benzene rings is 3. The van der Waals surface area contributed by atoms with Crippen molar-refractivity contribution in [2.24, 2.45) is 4.99 Å². The van der Waals surface area contributed by atoms with Gasteiger partial charge in [0.2, 0.25) is 5.91 Å². The lowest BCUT2D eigenvalue weighted by atomic mass is 9.90. The van der Waals surface area contributed by atoms with Crippen LogP contribution in [-0.2, 0) is 4.79 Å². The van der Waals surface area contributed by atoms with E-state index in [9.17, 15) is 14.9 Å². The van der Waals surface area contributed by atoms with E-state index in [4.69, 9.17) is 4.99 Å². The van der Waals surface area contributed by atoms with E-state index in [1.54, 1.807) is 12.3 Å². The third-order valence-corrected chi connectivity index (χ3v) is 5.09. The number of fused-ring (bicyclic) bond motifs is 2. The van der Waals surface area contributed by atoms with Crippen molar-refractivity contribution in [3.63, 3.8) is 0 Å². The molecule has 1 amide bonds. The third-order valence-electron chi connectivity index (χ3n) is 5.09. The van der Waals surface area contributed by atoms with Gasteiger partial charge < -0.3 is 5.32 Å². The summed E-state index contributed by atoms with van der Waals surface area (Å²) in [4.78, 5) is 28.5. The molecule has 1 atom stereocenters. The Morgan fingerprint density at radius 1 is 1.07 bits per heavy atom. The predicted molar refractivity (Wildman–Crippen MR) is 113 cm³/mol. The Morgan fingerprint density at radius 2 is 1.90 bits per heavy atom. The minimum absolute atomic E-state index is 0.0671. The van der Waals surface area contributed by atoms with Crippen LogP contribution < -0.4 is 5.32 Å². The number of H-pyrrole nitrogens is 1. The van der Waals surface area contributed by atoms with E-state index in [0.29, 0.717) is 22.6 Å². The maximum atomic E-state index is 12.9. The highest BCUT2D eigenvalue weighted by Gasteiger charge is 2.36. The highest BCUT2D eigenvalue weighted by atomic mass is 16.6. The molecule has 1 unspecified atom stereocenters. The molecule has 8 nitrogen and oxygen atoms in total. The van der Waals surface area contributed by atoms with Crippen LogP contribution >= 0.6 is 0 Å². The summed E-state index contributed by atoms with van der Waals surface area (Å²) < 4.78 is 0. The van der Waals surface area contributed by atoms with Crippen molar-refractivity contribution in [3.8, 4) is 0 Å². The number of hydrogen-bond donors (Lipinski definition) is 2. The third kappa shape index (κ3) is 3.00.